The van der Waals surface area contributed by atoms with Crippen molar-refractivity contribution in [3.05, 3.63) is 23.8 Å². The molecule has 0 fully saturated rings. The third kappa shape index (κ3) is 3.61. The van der Waals surface area contributed by atoms with Gasteiger partial charge >= 0.3 is 0 Å². The lowest BCUT2D eigenvalue weighted by Gasteiger charge is -2.20. The van der Waals surface area contributed by atoms with Gasteiger partial charge in [0, 0.05) is 29.5 Å². The Hall–Kier alpha value is -0.870. The highest BCUT2D eigenvalue weighted by Gasteiger charge is 2.12. The highest BCUT2D eigenvalue weighted by molar-refractivity contribution is 7.98. The summed E-state index contributed by atoms with van der Waals surface area (Å²) in [4.78, 5) is 0. The van der Waals surface area contributed by atoms with Crippen LogP contribution in [0.15, 0.2) is 18.2 Å². The molecule has 16 heavy (non-hydrogen) atoms. The van der Waals surface area contributed by atoms with Gasteiger partial charge in [-0.05, 0) is 26.2 Å². The summed E-state index contributed by atoms with van der Waals surface area (Å²) < 4.78 is 0. The van der Waals surface area contributed by atoms with Gasteiger partial charge in [0.1, 0.15) is 11.5 Å². The first-order valence-electron chi connectivity index (χ1n) is 5.31. The number of aromatic hydroxyl groups is 2. The molecule has 0 aliphatic rings. The van der Waals surface area contributed by atoms with Gasteiger partial charge in [-0.25, -0.2) is 0 Å². The molecule has 3 nitrogen and oxygen atoms in total. The summed E-state index contributed by atoms with van der Waals surface area (Å²) in [5, 5.41) is 22.3. The van der Waals surface area contributed by atoms with Crippen molar-refractivity contribution in [2.45, 2.75) is 25.9 Å². The molecule has 0 aliphatic heterocycles. The number of hydrogen-bond donors (Lipinski definition) is 3. The largest absolute Gasteiger partial charge is 0.508 e. The van der Waals surface area contributed by atoms with Gasteiger partial charge in [0.25, 0.3) is 0 Å². The van der Waals surface area contributed by atoms with Gasteiger partial charge in [0.2, 0.25) is 0 Å². The molecule has 2 unspecified atom stereocenters. The van der Waals surface area contributed by atoms with E-state index in [1.165, 1.54) is 6.07 Å². The maximum Gasteiger partial charge on any atom is 0.124 e. The zero-order chi connectivity index (χ0) is 12.1. The van der Waals surface area contributed by atoms with Crippen LogP contribution in [-0.2, 0) is 0 Å². The number of hydrogen-bond acceptors (Lipinski definition) is 4. The lowest BCUT2D eigenvalue weighted by molar-refractivity contribution is 0.430. The van der Waals surface area contributed by atoms with E-state index < -0.39 is 0 Å². The number of rotatable bonds is 5. The van der Waals surface area contributed by atoms with Crippen LogP contribution in [0.1, 0.15) is 25.5 Å². The van der Waals surface area contributed by atoms with Crippen molar-refractivity contribution in [3.63, 3.8) is 0 Å². The SMILES string of the molecule is CSCC(C)NC(C)c1ccc(O)cc1O. The van der Waals surface area contributed by atoms with Gasteiger partial charge in [-0.15, -0.1) is 0 Å². The monoisotopic (exact) mass is 241 g/mol. The lowest BCUT2D eigenvalue weighted by atomic mass is 10.1. The molecule has 0 amide bonds. The van der Waals surface area contributed by atoms with Crippen LogP contribution < -0.4 is 5.32 Å². The number of phenolic OH excluding ortho intramolecular Hbond substituents is 2. The predicted molar refractivity (Wildman–Crippen MR) is 69.2 cm³/mol. The molecule has 0 radical (unpaired) electrons. The fourth-order valence-corrected chi connectivity index (χ4v) is 2.31. The van der Waals surface area contributed by atoms with Crippen molar-refractivity contribution in [1.82, 2.24) is 5.32 Å². The Kier molecular flexibility index (Phi) is 4.96. The van der Waals surface area contributed by atoms with E-state index >= 15 is 0 Å². The predicted octanol–water partition coefficient (Wildman–Crippen LogP) is 2.50. The van der Waals surface area contributed by atoms with Crippen LogP contribution in [0.4, 0.5) is 0 Å². The fraction of sp³-hybridized carbons (Fsp3) is 0.500. The molecule has 2 atom stereocenters. The molecule has 0 spiro atoms. The van der Waals surface area contributed by atoms with Crippen LogP contribution in [0.3, 0.4) is 0 Å². The molecular weight excluding hydrogens is 222 g/mol. The van der Waals surface area contributed by atoms with Crippen LogP contribution in [0.5, 0.6) is 11.5 Å². The Morgan fingerprint density at radius 1 is 1.31 bits per heavy atom. The quantitative estimate of drug-likeness (QED) is 0.741. The molecule has 0 bridgehead atoms. The van der Waals surface area contributed by atoms with E-state index in [2.05, 4.69) is 18.5 Å². The van der Waals surface area contributed by atoms with Gasteiger partial charge in [0.05, 0.1) is 0 Å². The molecule has 90 valence electrons. The molecular formula is C12H19NO2S. The van der Waals surface area contributed by atoms with E-state index in [-0.39, 0.29) is 17.5 Å². The highest BCUT2D eigenvalue weighted by Crippen LogP contribution is 2.27. The first-order chi connectivity index (χ1) is 7.54. The summed E-state index contributed by atoms with van der Waals surface area (Å²) in [5.41, 5.74) is 0.811. The maximum absolute atomic E-state index is 9.70. The molecule has 0 saturated heterocycles. The summed E-state index contributed by atoms with van der Waals surface area (Å²) in [6, 6.07) is 5.16. The molecule has 0 heterocycles. The zero-order valence-electron chi connectivity index (χ0n) is 9.90. The topological polar surface area (TPSA) is 52.5 Å². The van der Waals surface area contributed by atoms with E-state index in [0.29, 0.717) is 6.04 Å². The second kappa shape index (κ2) is 6.01. The number of benzene rings is 1. The van der Waals surface area contributed by atoms with Crippen molar-refractivity contribution in [1.29, 1.82) is 0 Å². The molecule has 1 aromatic rings. The minimum absolute atomic E-state index is 0.0720. The molecule has 1 rings (SSSR count). The second-order valence-electron chi connectivity index (χ2n) is 3.99. The standard InChI is InChI=1S/C12H19NO2S/c1-8(7-16-3)13-9(2)11-5-4-10(14)6-12(11)15/h4-6,8-9,13-15H,7H2,1-3H3. The smallest absolute Gasteiger partial charge is 0.124 e. The van der Waals surface area contributed by atoms with Crippen LogP contribution in [0.2, 0.25) is 0 Å². The summed E-state index contributed by atoms with van der Waals surface area (Å²) in [6.45, 7) is 4.12. The van der Waals surface area contributed by atoms with Crippen LogP contribution >= 0.6 is 11.8 Å². The summed E-state index contributed by atoms with van der Waals surface area (Å²) in [5.74, 6) is 1.25. The van der Waals surface area contributed by atoms with E-state index in [1.807, 2.05) is 6.92 Å². The normalized spacial score (nSPS) is 14.7. The molecule has 0 aliphatic carbocycles. The Balaban J connectivity index is 2.69. The molecule has 4 heteroatoms. The third-order valence-corrected chi connectivity index (χ3v) is 3.27. The maximum atomic E-state index is 9.70. The van der Waals surface area contributed by atoms with E-state index in [4.69, 9.17) is 0 Å². The van der Waals surface area contributed by atoms with Crippen LogP contribution in [0, 0.1) is 0 Å². The first kappa shape index (κ1) is 13.2. The third-order valence-electron chi connectivity index (χ3n) is 2.43. The van der Waals surface area contributed by atoms with E-state index in [1.54, 1.807) is 23.9 Å². The van der Waals surface area contributed by atoms with Crippen molar-refractivity contribution < 1.29 is 10.2 Å². The first-order valence-corrected chi connectivity index (χ1v) is 6.70. The number of thioether (sulfide) groups is 1. The van der Waals surface area contributed by atoms with Crippen LogP contribution in [0.25, 0.3) is 0 Å². The lowest BCUT2D eigenvalue weighted by Crippen LogP contribution is -2.30. The summed E-state index contributed by atoms with van der Waals surface area (Å²) >= 11 is 1.79. The zero-order valence-corrected chi connectivity index (χ0v) is 10.7. The van der Waals surface area contributed by atoms with E-state index in [0.717, 1.165) is 11.3 Å². The molecule has 1 aromatic carbocycles. The fourth-order valence-electron chi connectivity index (χ4n) is 1.71. The second-order valence-corrected chi connectivity index (χ2v) is 4.90. The summed E-state index contributed by atoms with van der Waals surface area (Å²) in [6.07, 6.45) is 2.07. The van der Waals surface area contributed by atoms with Gasteiger partial charge < -0.3 is 15.5 Å². The van der Waals surface area contributed by atoms with Gasteiger partial charge in [-0.3, -0.25) is 0 Å². The number of phenols is 2. The Labute approximate surface area is 101 Å². The van der Waals surface area contributed by atoms with Gasteiger partial charge in [-0.2, -0.15) is 11.8 Å². The highest BCUT2D eigenvalue weighted by atomic mass is 32.2. The van der Waals surface area contributed by atoms with E-state index in [9.17, 15) is 10.2 Å². The summed E-state index contributed by atoms with van der Waals surface area (Å²) in [7, 11) is 0. The van der Waals surface area contributed by atoms with Gasteiger partial charge in [0.15, 0.2) is 0 Å². The number of nitrogens with one attached hydrogen (secondary N) is 1. The van der Waals surface area contributed by atoms with Crippen molar-refractivity contribution in [2.24, 2.45) is 0 Å². The Morgan fingerprint density at radius 2 is 2.00 bits per heavy atom. The average molecular weight is 241 g/mol. The Morgan fingerprint density at radius 3 is 2.56 bits per heavy atom. The van der Waals surface area contributed by atoms with Gasteiger partial charge in [-0.1, -0.05) is 6.07 Å². The molecule has 0 saturated carbocycles. The minimum atomic E-state index is 0.0720. The molecule has 3 N–H and O–H groups in total. The average Bonchev–Trinajstić information content (AvgIpc) is 2.17. The van der Waals surface area contributed by atoms with Crippen molar-refractivity contribution >= 4 is 11.8 Å². The Bertz CT molecular complexity index is 344. The minimum Gasteiger partial charge on any atom is -0.508 e. The van der Waals surface area contributed by atoms with Crippen molar-refractivity contribution in [3.8, 4) is 11.5 Å². The molecule has 0 aromatic heterocycles. The van der Waals surface area contributed by atoms with Crippen LogP contribution in [-0.4, -0.2) is 28.3 Å². The van der Waals surface area contributed by atoms with Crippen molar-refractivity contribution in [2.75, 3.05) is 12.0 Å².